The number of imide groups is 1. The lowest BCUT2D eigenvalue weighted by molar-refractivity contribution is 0.0631. The number of nitrogens with zero attached hydrogens (tertiary/aromatic N) is 3. The highest BCUT2D eigenvalue weighted by atomic mass is 79.9. The number of amides is 3. The van der Waals surface area contributed by atoms with Crippen LogP contribution in [-0.4, -0.2) is 32.4 Å². The molecule has 9 heteroatoms. The maximum absolute atomic E-state index is 13.0. The third-order valence-corrected chi connectivity index (χ3v) is 5.58. The molecule has 1 aliphatic rings. The number of carbonyl (C=O) groups excluding carboxylic acids is 3. The lowest BCUT2D eigenvalue weighted by atomic mass is 10.1. The lowest BCUT2D eigenvalue weighted by Gasteiger charge is -2.12. The van der Waals surface area contributed by atoms with Gasteiger partial charge in [0, 0.05) is 22.4 Å². The number of hydrogen-bond donors (Lipinski definition) is 1. The second kappa shape index (κ2) is 7.93. The summed E-state index contributed by atoms with van der Waals surface area (Å²) in [5, 5.41) is 7.08. The molecule has 3 amide bonds. The van der Waals surface area contributed by atoms with Crippen molar-refractivity contribution < 1.29 is 18.8 Å². The van der Waals surface area contributed by atoms with Crippen LogP contribution >= 0.6 is 15.9 Å². The molecule has 0 aliphatic carbocycles. The van der Waals surface area contributed by atoms with Gasteiger partial charge in [-0.05, 0) is 54.6 Å². The van der Waals surface area contributed by atoms with E-state index in [9.17, 15) is 14.4 Å². The fourth-order valence-corrected chi connectivity index (χ4v) is 3.91. The fraction of sp³-hybridized carbons (Fsp3) is 0.0435. The van der Waals surface area contributed by atoms with Gasteiger partial charge in [-0.15, -0.1) is 0 Å². The third kappa shape index (κ3) is 3.52. The van der Waals surface area contributed by atoms with Gasteiger partial charge in [0.1, 0.15) is 5.76 Å². The molecule has 0 atom stereocenters. The molecular formula is C23H15BrN4O4. The van der Waals surface area contributed by atoms with Crippen LogP contribution in [0.1, 0.15) is 36.8 Å². The zero-order valence-corrected chi connectivity index (χ0v) is 18.1. The molecule has 158 valence electrons. The molecule has 5 rings (SSSR count). The Kier molecular flexibility index (Phi) is 4.95. The highest BCUT2D eigenvalue weighted by Crippen LogP contribution is 2.28. The van der Waals surface area contributed by atoms with Crippen molar-refractivity contribution in [2.45, 2.75) is 6.54 Å². The fourth-order valence-electron chi connectivity index (χ4n) is 3.55. The molecule has 0 saturated carbocycles. The molecule has 0 fully saturated rings. The second-order valence-corrected chi connectivity index (χ2v) is 8.02. The van der Waals surface area contributed by atoms with Gasteiger partial charge in [-0.1, -0.05) is 15.9 Å². The molecule has 0 saturated heterocycles. The van der Waals surface area contributed by atoms with Gasteiger partial charge in [-0.25, -0.2) is 4.68 Å². The van der Waals surface area contributed by atoms with Crippen LogP contribution in [0.5, 0.6) is 0 Å². The highest BCUT2D eigenvalue weighted by molar-refractivity contribution is 9.10. The minimum absolute atomic E-state index is 0.0339. The normalized spacial score (nSPS) is 12.8. The predicted molar refractivity (Wildman–Crippen MR) is 119 cm³/mol. The summed E-state index contributed by atoms with van der Waals surface area (Å²) in [7, 11) is 0. The lowest BCUT2D eigenvalue weighted by Crippen LogP contribution is -2.28. The molecule has 8 nitrogen and oxygen atoms in total. The zero-order chi connectivity index (χ0) is 22.2. The van der Waals surface area contributed by atoms with Crippen LogP contribution in [0.2, 0.25) is 0 Å². The maximum Gasteiger partial charge on any atom is 0.261 e. The van der Waals surface area contributed by atoms with Crippen LogP contribution in [0.25, 0.3) is 5.69 Å². The largest absolute Gasteiger partial charge is 0.467 e. The first-order chi connectivity index (χ1) is 15.5. The van der Waals surface area contributed by atoms with E-state index in [4.69, 9.17) is 4.42 Å². The van der Waals surface area contributed by atoms with E-state index >= 15 is 0 Å². The molecule has 1 aliphatic heterocycles. The number of fused-ring (bicyclic) bond motifs is 1. The predicted octanol–water partition coefficient (Wildman–Crippen LogP) is 4.28. The molecule has 32 heavy (non-hydrogen) atoms. The van der Waals surface area contributed by atoms with Crippen LogP contribution in [0.3, 0.4) is 0 Å². The van der Waals surface area contributed by atoms with Gasteiger partial charge in [-0.3, -0.25) is 19.3 Å². The van der Waals surface area contributed by atoms with Crippen LogP contribution in [-0.2, 0) is 6.54 Å². The van der Waals surface area contributed by atoms with Crippen LogP contribution in [0, 0.1) is 0 Å². The Labute approximate surface area is 190 Å². The first-order valence-corrected chi connectivity index (χ1v) is 10.4. The molecule has 2 aromatic heterocycles. The number of hydrogen-bond acceptors (Lipinski definition) is 5. The van der Waals surface area contributed by atoms with Crippen molar-refractivity contribution in [2.75, 3.05) is 5.32 Å². The average Bonchev–Trinajstić information content (AvgIpc) is 3.54. The van der Waals surface area contributed by atoms with Crippen molar-refractivity contribution >= 4 is 39.3 Å². The standard InChI is InChI=1S/C23H15BrN4O4/c24-15-5-7-20(28-9-2-8-25-28)19(12-15)26-21(29)14-4-6-17-18(11-14)23(31)27(22(17)30)13-16-3-1-10-32-16/h1-12H,13H2,(H,26,29). The Morgan fingerprint density at radius 1 is 1.03 bits per heavy atom. The van der Waals surface area contributed by atoms with Crippen molar-refractivity contribution in [2.24, 2.45) is 0 Å². The summed E-state index contributed by atoms with van der Waals surface area (Å²) in [6.45, 7) is 0.0339. The summed E-state index contributed by atoms with van der Waals surface area (Å²) in [5.41, 5.74) is 1.93. The van der Waals surface area contributed by atoms with Gasteiger partial charge in [0.2, 0.25) is 0 Å². The molecule has 1 N–H and O–H groups in total. The van der Waals surface area contributed by atoms with Crippen molar-refractivity contribution in [3.8, 4) is 5.69 Å². The number of carbonyl (C=O) groups is 3. The van der Waals surface area contributed by atoms with E-state index in [0.29, 0.717) is 17.1 Å². The topological polar surface area (TPSA) is 97.4 Å². The van der Waals surface area contributed by atoms with Crippen molar-refractivity contribution in [1.29, 1.82) is 0 Å². The van der Waals surface area contributed by atoms with Crippen molar-refractivity contribution in [3.05, 3.63) is 100 Å². The minimum Gasteiger partial charge on any atom is -0.467 e. The Morgan fingerprint density at radius 3 is 2.62 bits per heavy atom. The van der Waals surface area contributed by atoms with Gasteiger partial charge in [-0.2, -0.15) is 5.10 Å². The van der Waals surface area contributed by atoms with Crippen molar-refractivity contribution in [1.82, 2.24) is 14.7 Å². The first-order valence-electron chi connectivity index (χ1n) is 9.65. The number of anilines is 1. The molecule has 2 aromatic carbocycles. The maximum atomic E-state index is 13.0. The molecule has 0 bridgehead atoms. The van der Waals surface area contributed by atoms with Crippen LogP contribution < -0.4 is 5.32 Å². The van der Waals surface area contributed by atoms with E-state index < -0.39 is 17.7 Å². The van der Waals surface area contributed by atoms with Gasteiger partial charge < -0.3 is 9.73 Å². The highest BCUT2D eigenvalue weighted by Gasteiger charge is 2.36. The SMILES string of the molecule is O=C(Nc1cc(Br)ccc1-n1cccn1)c1ccc2c(c1)C(=O)N(Cc1ccco1)C2=O. The monoisotopic (exact) mass is 490 g/mol. The third-order valence-electron chi connectivity index (χ3n) is 5.08. The molecule has 0 unspecified atom stereocenters. The smallest absolute Gasteiger partial charge is 0.261 e. The van der Waals surface area contributed by atoms with Crippen LogP contribution in [0.15, 0.2) is 82.1 Å². The average molecular weight is 491 g/mol. The summed E-state index contributed by atoms with van der Waals surface area (Å²) in [4.78, 5) is 39.6. The Hall–Kier alpha value is -3.98. The Morgan fingerprint density at radius 2 is 1.88 bits per heavy atom. The number of benzene rings is 2. The Bertz CT molecular complexity index is 1350. The van der Waals surface area contributed by atoms with E-state index in [0.717, 1.165) is 9.37 Å². The van der Waals surface area contributed by atoms with E-state index in [1.165, 1.54) is 24.5 Å². The zero-order valence-electron chi connectivity index (χ0n) is 16.5. The summed E-state index contributed by atoms with van der Waals surface area (Å²) >= 11 is 3.42. The van der Waals surface area contributed by atoms with E-state index in [1.807, 2.05) is 12.1 Å². The molecule has 0 spiro atoms. The van der Waals surface area contributed by atoms with Gasteiger partial charge >= 0.3 is 0 Å². The number of furan rings is 1. The number of rotatable bonds is 5. The van der Waals surface area contributed by atoms with E-state index in [-0.39, 0.29) is 23.2 Å². The Balaban J connectivity index is 1.42. The number of halogens is 1. The van der Waals surface area contributed by atoms with Gasteiger partial charge in [0.15, 0.2) is 0 Å². The van der Waals surface area contributed by atoms with Crippen molar-refractivity contribution in [3.63, 3.8) is 0 Å². The number of aromatic nitrogens is 2. The number of nitrogens with one attached hydrogen (secondary N) is 1. The molecule has 0 radical (unpaired) electrons. The summed E-state index contributed by atoms with van der Waals surface area (Å²) in [6, 6.07) is 15.1. The summed E-state index contributed by atoms with van der Waals surface area (Å²) in [5.74, 6) is -0.792. The molecule has 3 heterocycles. The molecular weight excluding hydrogens is 476 g/mol. The van der Waals surface area contributed by atoms with E-state index in [1.54, 1.807) is 41.3 Å². The first kappa shape index (κ1) is 20.0. The summed E-state index contributed by atoms with van der Waals surface area (Å²) < 4.78 is 7.67. The van der Waals surface area contributed by atoms with Gasteiger partial charge in [0.25, 0.3) is 17.7 Å². The van der Waals surface area contributed by atoms with Crippen LogP contribution in [0.4, 0.5) is 5.69 Å². The second-order valence-electron chi connectivity index (χ2n) is 7.10. The minimum atomic E-state index is -0.462. The summed E-state index contributed by atoms with van der Waals surface area (Å²) in [6.07, 6.45) is 4.90. The van der Waals surface area contributed by atoms with Gasteiger partial charge in [0.05, 0.1) is 35.3 Å². The van der Waals surface area contributed by atoms with E-state index in [2.05, 4.69) is 26.3 Å². The quantitative estimate of drug-likeness (QED) is 0.421. The molecule has 4 aromatic rings.